The monoisotopic (exact) mass is 639 g/mol. The van der Waals surface area contributed by atoms with E-state index in [4.69, 9.17) is 4.42 Å². The minimum atomic E-state index is 0.853. The van der Waals surface area contributed by atoms with Gasteiger partial charge < -0.3 is 9.32 Å². The van der Waals surface area contributed by atoms with Crippen molar-refractivity contribution in [2.75, 3.05) is 4.90 Å². The van der Waals surface area contributed by atoms with Gasteiger partial charge in [0, 0.05) is 27.6 Å². The van der Waals surface area contributed by atoms with Gasteiger partial charge in [0.25, 0.3) is 0 Å². The zero-order chi connectivity index (χ0) is 33.3. The minimum Gasteiger partial charge on any atom is -0.454 e. The standard InChI is InChI=1S/C48H33NO/c1-5-16-34(17-6-1)36-28-30-40(31-29-36)49(45-26-15-25-42-41-24-13-14-27-46(41)50-48(42)45)47-43(37-20-9-3-10-21-37)32-39(35-18-7-2-8-19-35)33-44(47)38-22-11-4-12-23-38/h1-33H. The Kier molecular flexibility index (Phi) is 7.53. The Morgan fingerprint density at radius 2 is 0.800 bits per heavy atom. The van der Waals surface area contributed by atoms with Crippen LogP contribution in [0.5, 0.6) is 0 Å². The summed E-state index contributed by atoms with van der Waals surface area (Å²) in [5.74, 6) is 0. The molecule has 236 valence electrons. The van der Waals surface area contributed by atoms with Crippen molar-refractivity contribution in [1.82, 2.24) is 0 Å². The first-order chi connectivity index (χ1) is 24.8. The molecule has 0 unspecified atom stereocenters. The molecule has 1 heterocycles. The van der Waals surface area contributed by atoms with E-state index in [2.05, 4.69) is 199 Å². The largest absolute Gasteiger partial charge is 0.454 e. The van der Waals surface area contributed by atoms with Crippen molar-refractivity contribution in [3.05, 3.63) is 200 Å². The molecule has 2 heteroatoms. The lowest BCUT2D eigenvalue weighted by Gasteiger charge is -2.31. The van der Waals surface area contributed by atoms with Crippen molar-refractivity contribution in [1.29, 1.82) is 0 Å². The molecule has 0 amide bonds. The van der Waals surface area contributed by atoms with Crippen LogP contribution in [0.15, 0.2) is 205 Å². The quantitative estimate of drug-likeness (QED) is 0.173. The van der Waals surface area contributed by atoms with Crippen LogP contribution in [0.2, 0.25) is 0 Å². The Bertz CT molecular complexity index is 2490. The molecule has 0 spiro atoms. The molecule has 0 radical (unpaired) electrons. The van der Waals surface area contributed by atoms with Gasteiger partial charge in [-0.15, -0.1) is 0 Å². The molecule has 1 aromatic heterocycles. The highest BCUT2D eigenvalue weighted by Crippen LogP contribution is 2.50. The summed E-state index contributed by atoms with van der Waals surface area (Å²) in [5.41, 5.74) is 14.1. The first kappa shape index (κ1) is 29.5. The Morgan fingerprint density at radius 1 is 0.340 bits per heavy atom. The predicted molar refractivity (Wildman–Crippen MR) is 210 cm³/mol. The van der Waals surface area contributed by atoms with Gasteiger partial charge in [-0.3, -0.25) is 0 Å². The molecule has 50 heavy (non-hydrogen) atoms. The Labute approximate surface area is 292 Å². The number of rotatable bonds is 7. The van der Waals surface area contributed by atoms with Crippen LogP contribution >= 0.6 is 0 Å². The molecule has 0 bridgehead atoms. The van der Waals surface area contributed by atoms with Crippen LogP contribution in [0.25, 0.3) is 66.4 Å². The fourth-order valence-electron chi connectivity index (χ4n) is 7.08. The molecular formula is C48H33NO. The van der Waals surface area contributed by atoms with Gasteiger partial charge in [0.2, 0.25) is 0 Å². The summed E-state index contributed by atoms with van der Waals surface area (Å²) in [6, 6.07) is 71.1. The first-order valence-corrected chi connectivity index (χ1v) is 17.0. The lowest BCUT2D eigenvalue weighted by Crippen LogP contribution is -2.13. The van der Waals surface area contributed by atoms with E-state index in [0.29, 0.717) is 0 Å². The smallest absolute Gasteiger partial charge is 0.159 e. The fourth-order valence-corrected chi connectivity index (χ4v) is 7.08. The molecular weight excluding hydrogens is 607 g/mol. The number of hydrogen-bond donors (Lipinski definition) is 0. The van der Waals surface area contributed by atoms with Gasteiger partial charge in [0.05, 0.1) is 11.4 Å². The number of para-hydroxylation sites is 2. The van der Waals surface area contributed by atoms with Crippen LogP contribution in [0.1, 0.15) is 0 Å². The van der Waals surface area contributed by atoms with Gasteiger partial charge in [0.1, 0.15) is 5.58 Å². The van der Waals surface area contributed by atoms with Gasteiger partial charge in [-0.05, 0) is 69.8 Å². The summed E-state index contributed by atoms with van der Waals surface area (Å²) in [6.07, 6.45) is 0. The van der Waals surface area contributed by atoms with Crippen molar-refractivity contribution in [3.63, 3.8) is 0 Å². The maximum absolute atomic E-state index is 6.74. The van der Waals surface area contributed by atoms with E-state index in [0.717, 1.165) is 66.8 Å². The third kappa shape index (κ3) is 5.34. The fraction of sp³-hybridized carbons (Fsp3) is 0. The SMILES string of the molecule is c1ccc(-c2ccc(N(c3c(-c4ccccc4)cc(-c4ccccc4)cc3-c3ccccc3)c3cccc4c3oc3ccccc34)cc2)cc1. The predicted octanol–water partition coefficient (Wildman–Crippen LogP) is 13.7. The maximum atomic E-state index is 6.74. The van der Waals surface area contributed by atoms with Crippen LogP contribution in [-0.2, 0) is 0 Å². The normalized spacial score (nSPS) is 11.2. The molecule has 0 saturated heterocycles. The summed E-state index contributed by atoms with van der Waals surface area (Å²) >= 11 is 0. The van der Waals surface area contributed by atoms with Crippen molar-refractivity contribution in [3.8, 4) is 44.5 Å². The first-order valence-electron chi connectivity index (χ1n) is 17.0. The summed E-state index contributed by atoms with van der Waals surface area (Å²) in [6.45, 7) is 0. The van der Waals surface area contributed by atoms with E-state index in [9.17, 15) is 0 Å². The van der Waals surface area contributed by atoms with Gasteiger partial charge in [0.15, 0.2) is 5.58 Å². The van der Waals surface area contributed by atoms with Crippen molar-refractivity contribution < 1.29 is 4.42 Å². The molecule has 2 nitrogen and oxygen atoms in total. The molecule has 8 aromatic carbocycles. The van der Waals surface area contributed by atoms with E-state index in [1.807, 2.05) is 6.07 Å². The second-order valence-electron chi connectivity index (χ2n) is 12.5. The molecule has 0 N–H and O–H groups in total. The number of furan rings is 1. The van der Waals surface area contributed by atoms with Gasteiger partial charge in [-0.2, -0.15) is 0 Å². The average Bonchev–Trinajstić information content (AvgIpc) is 3.59. The van der Waals surface area contributed by atoms with E-state index in [1.165, 1.54) is 16.7 Å². The van der Waals surface area contributed by atoms with Gasteiger partial charge >= 0.3 is 0 Å². The number of anilines is 3. The lowest BCUT2D eigenvalue weighted by molar-refractivity contribution is 0.669. The topological polar surface area (TPSA) is 16.4 Å². The lowest BCUT2D eigenvalue weighted by atomic mass is 9.89. The Balaban J connectivity index is 1.39. The van der Waals surface area contributed by atoms with Crippen LogP contribution < -0.4 is 4.90 Å². The highest BCUT2D eigenvalue weighted by atomic mass is 16.3. The van der Waals surface area contributed by atoms with Gasteiger partial charge in [-0.25, -0.2) is 0 Å². The van der Waals surface area contributed by atoms with Crippen LogP contribution in [0.3, 0.4) is 0 Å². The van der Waals surface area contributed by atoms with E-state index >= 15 is 0 Å². The Morgan fingerprint density at radius 3 is 1.38 bits per heavy atom. The maximum Gasteiger partial charge on any atom is 0.159 e. The van der Waals surface area contributed by atoms with E-state index < -0.39 is 0 Å². The van der Waals surface area contributed by atoms with Crippen molar-refractivity contribution >= 4 is 39.0 Å². The van der Waals surface area contributed by atoms with Crippen LogP contribution in [0, 0.1) is 0 Å². The molecule has 0 atom stereocenters. The zero-order valence-corrected chi connectivity index (χ0v) is 27.4. The highest BCUT2D eigenvalue weighted by Gasteiger charge is 2.26. The summed E-state index contributed by atoms with van der Waals surface area (Å²) in [5, 5.41) is 2.20. The molecule has 9 aromatic rings. The highest BCUT2D eigenvalue weighted by molar-refractivity contribution is 6.12. The minimum absolute atomic E-state index is 0.853. The summed E-state index contributed by atoms with van der Waals surface area (Å²) < 4.78 is 6.74. The average molecular weight is 640 g/mol. The third-order valence-corrected chi connectivity index (χ3v) is 9.47. The summed E-state index contributed by atoms with van der Waals surface area (Å²) in [7, 11) is 0. The second kappa shape index (κ2) is 12.8. The molecule has 0 aliphatic carbocycles. The van der Waals surface area contributed by atoms with E-state index in [-0.39, 0.29) is 0 Å². The zero-order valence-electron chi connectivity index (χ0n) is 27.4. The molecule has 0 aliphatic heterocycles. The molecule has 0 saturated carbocycles. The molecule has 0 fully saturated rings. The van der Waals surface area contributed by atoms with Crippen LogP contribution in [0.4, 0.5) is 17.1 Å². The Hall–Kier alpha value is -6.64. The second-order valence-corrected chi connectivity index (χ2v) is 12.5. The van der Waals surface area contributed by atoms with E-state index in [1.54, 1.807) is 0 Å². The number of hydrogen-bond acceptors (Lipinski definition) is 2. The number of nitrogens with zero attached hydrogens (tertiary/aromatic N) is 1. The summed E-state index contributed by atoms with van der Waals surface area (Å²) in [4.78, 5) is 2.40. The van der Waals surface area contributed by atoms with Gasteiger partial charge in [-0.1, -0.05) is 164 Å². The third-order valence-electron chi connectivity index (χ3n) is 9.47. The molecule has 0 aliphatic rings. The van der Waals surface area contributed by atoms with Crippen molar-refractivity contribution in [2.24, 2.45) is 0 Å². The van der Waals surface area contributed by atoms with Crippen LogP contribution in [-0.4, -0.2) is 0 Å². The number of fused-ring (bicyclic) bond motifs is 3. The number of benzene rings is 8. The van der Waals surface area contributed by atoms with Crippen molar-refractivity contribution in [2.45, 2.75) is 0 Å². The molecule has 9 rings (SSSR count).